The maximum Gasteiger partial charge on any atom is 0.344 e. The molecule has 132 valence electrons. The molecule has 0 aliphatic rings. The zero-order chi connectivity index (χ0) is 18.1. The molecule has 2 aromatic carbocycles. The highest BCUT2D eigenvalue weighted by atomic mass is 16.6. The number of carbonyl (C=O) groups is 2. The van der Waals surface area contributed by atoms with Gasteiger partial charge in [-0.15, -0.1) is 0 Å². The van der Waals surface area contributed by atoms with E-state index < -0.39 is 12.8 Å². The van der Waals surface area contributed by atoms with E-state index in [-0.39, 0.29) is 12.5 Å². The number of aliphatic hydroxyl groups is 1. The van der Waals surface area contributed by atoms with Crippen LogP contribution in [0.5, 0.6) is 11.5 Å². The average molecular weight is 345 g/mol. The van der Waals surface area contributed by atoms with Crippen LogP contribution in [0.4, 0.5) is 5.69 Å². The smallest absolute Gasteiger partial charge is 0.344 e. The number of rotatable bonds is 8. The molecule has 1 amide bonds. The summed E-state index contributed by atoms with van der Waals surface area (Å²) in [5, 5.41) is 11.4. The molecule has 0 aliphatic carbocycles. The number of nitrogens with one attached hydrogen (secondary N) is 1. The second kappa shape index (κ2) is 9.29. The molecule has 0 atom stereocenters. The fraction of sp³-hybridized carbons (Fsp3) is 0.222. The van der Waals surface area contributed by atoms with Gasteiger partial charge in [0.15, 0.2) is 13.4 Å². The van der Waals surface area contributed by atoms with Gasteiger partial charge in [-0.3, -0.25) is 4.79 Å². The van der Waals surface area contributed by atoms with Crippen molar-refractivity contribution in [3.63, 3.8) is 0 Å². The van der Waals surface area contributed by atoms with Crippen LogP contribution in [0.25, 0.3) is 0 Å². The van der Waals surface area contributed by atoms with Gasteiger partial charge in [0, 0.05) is 11.3 Å². The lowest BCUT2D eigenvalue weighted by atomic mass is 10.2. The summed E-state index contributed by atoms with van der Waals surface area (Å²) in [6.45, 7) is 1.45. The van der Waals surface area contributed by atoms with Crippen LogP contribution < -0.4 is 14.8 Å². The van der Waals surface area contributed by atoms with Crippen LogP contribution in [-0.2, 0) is 9.53 Å². The van der Waals surface area contributed by atoms with Crippen molar-refractivity contribution in [2.45, 2.75) is 6.92 Å². The predicted molar refractivity (Wildman–Crippen MR) is 90.7 cm³/mol. The number of aliphatic hydroxyl groups excluding tert-OH is 1. The third kappa shape index (κ3) is 5.82. The van der Waals surface area contributed by atoms with E-state index in [0.29, 0.717) is 29.4 Å². The van der Waals surface area contributed by atoms with Gasteiger partial charge in [-0.25, -0.2) is 4.79 Å². The lowest BCUT2D eigenvalue weighted by molar-refractivity contribution is -0.145. The standard InChI is InChI=1S/C18H19NO6/c1-2-23-17(21)11-24-15-9-5-14(6-10-15)19-18(22)13-3-7-16(8-4-13)25-12-20/h3-10,20H,2,11-12H2,1H3,(H,19,22). The van der Waals surface area contributed by atoms with E-state index in [1.165, 1.54) is 0 Å². The lowest BCUT2D eigenvalue weighted by Crippen LogP contribution is -2.14. The molecule has 0 saturated carbocycles. The van der Waals surface area contributed by atoms with Gasteiger partial charge < -0.3 is 24.6 Å². The van der Waals surface area contributed by atoms with Gasteiger partial charge in [0.25, 0.3) is 5.91 Å². The molecule has 2 aromatic rings. The molecule has 0 bridgehead atoms. The highest BCUT2D eigenvalue weighted by molar-refractivity contribution is 6.04. The van der Waals surface area contributed by atoms with E-state index in [4.69, 9.17) is 19.3 Å². The maximum absolute atomic E-state index is 12.2. The Balaban J connectivity index is 1.89. The molecule has 0 fully saturated rings. The number of ether oxygens (including phenoxy) is 3. The average Bonchev–Trinajstić information content (AvgIpc) is 2.62. The Morgan fingerprint density at radius 1 is 0.960 bits per heavy atom. The number of esters is 1. The molecular formula is C18H19NO6. The normalized spacial score (nSPS) is 10.0. The summed E-state index contributed by atoms with van der Waals surface area (Å²) in [6.07, 6.45) is 0. The molecule has 0 aromatic heterocycles. The highest BCUT2D eigenvalue weighted by Crippen LogP contribution is 2.17. The van der Waals surface area contributed by atoms with Gasteiger partial charge >= 0.3 is 5.97 Å². The highest BCUT2D eigenvalue weighted by Gasteiger charge is 2.07. The first-order valence-corrected chi connectivity index (χ1v) is 7.66. The molecule has 0 spiro atoms. The second-order valence-corrected chi connectivity index (χ2v) is 4.87. The molecule has 25 heavy (non-hydrogen) atoms. The summed E-state index contributed by atoms with van der Waals surface area (Å²) in [7, 11) is 0. The minimum absolute atomic E-state index is 0.165. The zero-order valence-electron chi connectivity index (χ0n) is 13.7. The Morgan fingerprint density at radius 2 is 1.56 bits per heavy atom. The molecule has 0 radical (unpaired) electrons. The first-order chi connectivity index (χ1) is 12.1. The van der Waals surface area contributed by atoms with Crippen molar-refractivity contribution < 1.29 is 28.9 Å². The first kappa shape index (κ1) is 18.3. The Labute approximate surface area is 145 Å². The number of hydrogen-bond donors (Lipinski definition) is 2. The van der Waals surface area contributed by atoms with Crippen LogP contribution >= 0.6 is 0 Å². The van der Waals surface area contributed by atoms with Gasteiger partial charge in [-0.05, 0) is 55.5 Å². The van der Waals surface area contributed by atoms with E-state index in [2.05, 4.69) is 5.32 Å². The summed E-state index contributed by atoms with van der Waals surface area (Å²) in [6, 6.07) is 13.0. The zero-order valence-corrected chi connectivity index (χ0v) is 13.7. The summed E-state index contributed by atoms with van der Waals surface area (Å²) in [5.41, 5.74) is 1.04. The van der Waals surface area contributed by atoms with Gasteiger partial charge in [0.05, 0.1) is 6.61 Å². The number of benzene rings is 2. The Morgan fingerprint density at radius 3 is 2.16 bits per heavy atom. The van der Waals surface area contributed by atoms with E-state index in [0.717, 1.165) is 0 Å². The minimum atomic E-state index is -0.437. The Bertz CT molecular complexity index is 697. The third-order valence-corrected chi connectivity index (χ3v) is 3.12. The molecule has 2 rings (SSSR count). The van der Waals surface area contributed by atoms with Crippen molar-refractivity contribution >= 4 is 17.6 Å². The molecule has 0 aliphatic heterocycles. The summed E-state index contributed by atoms with van der Waals surface area (Å²) >= 11 is 0. The summed E-state index contributed by atoms with van der Waals surface area (Å²) in [4.78, 5) is 23.4. The second-order valence-electron chi connectivity index (χ2n) is 4.87. The largest absolute Gasteiger partial charge is 0.482 e. The van der Waals surface area contributed by atoms with Gasteiger partial charge in [-0.1, -0.05) is 0 Å². The molecule has 0 unspecified atom stereocenters. The number of amides is 1. The number of hydrogen-bond acceptors (Lipinski definition) is 6. The van der Waals surface area contributed by atoms with Crippen molar-refractivity contribution in [3.8, 4) is 11.5 Å². The number of anilines is 1. The van der Waals surface area contributed by atoms with E-state index >= 15 is 0 Å². The molecule has 2 N–H and O–H groups in total. The van der Waals surface area contributed by atoms with Crippen molar-refractivity contribution in [2.75, 3.05) is 25.3 Å². The SMILES string of the molecule is CCOC(=O)COc1ccc(NC(=O)c2ccc(OCO)cc2)cc1. The van der Waals surface area contributed by atoms with Crippen molar-refractivity contribution in [1.29, 1.82) is 0 Å². The van der Waals surface area contributed by atoms with Crippen LogP contribution in [0.2, 0.25) is 0 Å². The summed E-state index contributed by atoms with van der Waals surface area (Å²) in [5.74, 6) is 0.253. The Kier molecular flexibility index (Phi) is 6.79. The Hall–Kier alpha value is -3.06. The van der Waals surface area contributed by atoms with Crippen LogP contribution in [-0.4, -0.2) is 37.0 Å². The fourth-order valence-electron chi connectivity index (χ4n) is 1.96. The van der Waals surface area contributed by atoms with Gasteiger partial charge in [0.1, 0.15) is 11.5 Å². The minimum Gasteiger partial charge on any atom is -0.482 e. The van der Waals surface area contributed by atoms with Crippen LogP contribution in [0.3, 0.4) is 0 Å². The monoisotopic (exact) mass is 345 g/mol. The topological polar surface area (TPSA) is 94.1 Å². The quantitative estimate of drug-likeness (QED) is 0.563. The predicted octanol–water partition coefficient (Wildman–Crippen LogP) is 2.21. The van der Waals surface area contributed by atoms with E-state index in [1.807, 2.05) is 0 Å². The van der Waals surface area contributed by atoms with E-state index in [9.17, 15) is 9.59 Å². The first-order valence-electron chi connectivity index (χ1n) is 7.66. The van der Waals surface area contributed by atoms with E-state index in [1.54, 1.807) is 55.5 Å². The van der Waals surface area contributed by atoms with Crippen molar-refractivity contribution in [1.82, 2.24) is 0 Å². The fourth-order valence-corrected chi connectivity index (χ4v) is 1.96. The van der Waals surface area contributed by atoms with Gasteiger partial charge in [-0.2, -0.15) is 0 Å². The molecule has 7 heteroatoms. The van der Waals surface area contributed by atoms with Crippen LogP contribution in [0, 0.1) is 0 Å². The summed E-state index contributed by atoms with van der Waals surface area (Å²) < 4.78 is 15.0. The van der Waals surface area contributed by atoms with Crippen molar-refractivity contribution in [3.05, 3.63) is 54.1 Å². The van der Waals surface area contributed by atoms with Gasteiger partial charge in [0.2, 0.25) is 0 Å². The van der Waals surface area contributed by atoms with Crippen LogP contribution in [0.1, 0.15) is 17.3 Å². The van der Waals surface area contributed by atoms with Crippen molar-refractivity contribution in [2.24, 2.45) is 0 Å². The van der Waals surface area contributed by atoms with Crippen LogP contribution in [0.15, 0.2) is 48.5 Å². The third-order valence-electron chi connectivity index (χ3n) is 3.12. The molecule has 7 nitrogen and oxygen atoms in total. The molecular weight excluding hydrogens is 326 g/mol. The maximum atomic E-state index is 12.2. The lowest BCUT2D eigenvalue weighted by Gasteiger charge is -2.08. The number of carbonyl (C=O) groups excluding carboxylic acids is 2. The molecule has 0 heterocycles. The molecule has 0 saturated heterocycles.